The predicted molar refractivity (Wildman–Crippen MR) is 286 cm³/mol. The van der Waals surface area contributed by atoms with Crippen LogP contribution in [0.3, 0.4) is 0 Å². The zero-order valence-electron chi connectivity index (χ0n) is 44.5. The van der Waals surface area contributed by atoms with Crippen molar-refractivity contribution in [2.45, 2.75) is 41.0 Å². The largest absolute Gasteiger partial charge is 0.396 e. The normalized spacial score (nSPS) is 10.2. The van der Waals surface area contributed by atoms with Gasteiger partial charge in [-0.05, 0) is 144 Å². The maximum absolute atomic E-state index is 13.4. The van der Waals surface area contributed by atoms with E-state index in [0.717, 1.165) is 45.3 Å². The Kier molecular flexibility index (Phi) is 28.2. The Hall–Kier alpha value is -9.34. The van der Waals surface area contributed by atoms with Gasteiger partial charge in [0, 0.05) is 57.0 Å². The highest BCUT2D eigenvalue weighted by molar-refractivity contribution is 5.82. The van der Waals surface area contributed by atoms with E-state index in [0.29, 0.717) is 12.1 Å². The fraction of sp³-hybridized carbons (Fsp3) is 0.231. The highest BCUT2D eigenvalue weighted by atomic mass is 19.1. The standard InChI is InChI=1S/C10H10FN3O4.C8H7FN2.C8H8FNO2.C7H5FN2O4.2C7H7F.C5H13NO2/c1-12(2)4-3-7-5-8(11)10(14(17)18)6-9(7)13(15)16;9-6-3-5-1-2-11-8(5)4-7(6)10;1-5-3-7(9)8(10(11)12)4-6(5)2;1-4-2-5(8)7(10(13)14)3-6(4)9(11)12;2*1-6-3-2-4-7(8)5-6;1-6(2)5(7-3)8-4/h3-6H,1-2H3;1-4,11H,10H2;3-4H,1-2H3;2-3H,1H3;2*2-5H,1H3;5H,1-4H3/b4-3+;;;;;;. The molecule has 1 aromatic heterocycles. The molecule has 7 rings (SSSR count). The molecule has 3 N–H and O–H groups in total. The van der Waals surface area contributed by atoms with E-state index in [9.17, 15) is 76.9 Å². The molecule has 0 unspecified atom stereocenters. The zero-order chi connectivity index (χ0) is 60.4. The number of halogens is 6. The minimum absolute atomic E-state index is 0.0307. The lowest BCUT2D eigenvalue weighted by Crippen LogP contribution is -2.30. The molecule has 0 saturated carbocycles. The highest BCUT2D eigenvalue weighted by Crippen LogP contribution is 2.29. The number of fused-ring (bicyclic) bond motifs is 1. The molecular formula is C52H57F6N9O12. The number of aromatic amines is 1. The molecule has 0 amide bonds. The molecule has 7 aromatic rings. The number of nitro groups is 5. The van der Waals surface area contributed by atoms with Crippen molar-refractivity contribution in [1.82, 2.24) is 14.8 Å². The molecule has 21 nitrogen and oxygen atoms in total. The SMILES string of the molecule is CN(C)/C=C/c1cc(F)c([N+](=O)[O-])cc1[N+](=O)[O-].COC(OC)N(C)C.Cc1cc(F)c([N+](=O)[O-])cc1C.Cc1cc(F)c([N+](=O)[O-])cc1[N+](=O)[O-].Cc1cccc(F)c1.Cc1cccc(F)c1.Nc1cc2[nH]ccc2cc1F. The molecule has 0 atom stereocenters. The van der Waals surface area contributed by atoms with Gasteiger partial charge in [0.15, 0.2) is 0 Å². The fourth-order valence-corrected chi connectivity index (χ4v) is 5.94. The first-order chi connectivity index (χ1) is 36.8. The van der Waals surface area contributed by atoms with E-state index >= 15 is 0 Å². The lowest BCUT2D eigenvalue weighted by atomic mass is 10.1. The number of benzene rings is 6. The Morgan fingerprint density at radius 2 is 0.937 bits per heavy atom. The van der Waals surface area contributed by atoms with Crippen LogP contribution in [0.1, 0.15) is 33.4 Å². The van der Waals surface area contributed by atoms with E-state index in [-0.39, 0.29) is 40.7 Å². The summed E-state index contributed by atoms with van der Waals surface area (Å²) in [5, 5.41) is 53.0. The second-order valence-corrected chi connectivity index (χ2v) is 16.7. The molecule has 79 heavy (non-hydrogen) atoms. The van der Waals surface area contributed by atoms with Gasteiger partial charge in [0.2, 0.25) is 23.9 Å². The molecule has 0 spiro atoms. The molecule has 0 aliphatic carbocycles. The average molecular weight is 1110 g/mol. The number of H-pyrrole nitrogens is 1. The van der Waals surface area contributed by atoms with Crippen LogP contribution in [0, 0.1) is 120 Å². The van der Waals surface area contributed by atoms with Gasteiger partial charge in [0.1, 0.15) is 17.5 Å². The number of aromatic nitrogens is 1. The number of rotatable bonds is 10. The number of nitrogens with two attached hydrogens (primary N) is 1. The molecule has 0 saturated heterocycles. The molecular weight excluding hydrogens is 1060 g/mol. The van der Waals surface area contributed by atoms with Crippen LogP contribution in [0.25, 0.3) is 17.0 Å². The number of nitrogens with one attached hydrogen (secondary N) is 1. The molecule has 0 aliphatic rings. The molecule has 424 valence electrons. The number of nitrogens with zero attached hydrogens (tertiary/aromatic N) is 7. The summed E-state index contributed by atoms with van der Waals surface area (Å²) in [6.07, 6.45) is 4.33. The van der Waals surface area contributed by atoms with Crippen molar-refractivity contribution >= 4 is 51.1 Å². The lowest BCUT2D eigenvalue weighted by molar-refractivity contribution is -0.396. The molecule has 27 heteroatoms. The van der Waals surface area contributed by atoms with Crippen LogP contribution in [-0.2, 0) is 9.47 Å². The van der Waals surface area contributed by atoms with Crippen LogP contribution >= 0.6 is 0 Å². The number of ether oxygens (including phenoxy) is 2. The summed E-state index contributed by atoms with van der Waals surface area (Å²) in [5.74, 6) is -3.64. The van der Waals surface area contributed by atoms with Crippen molar-refractivity contribution in [3.8, 4) is 0 Å². The number of nitro benzene ring substituents is 5. The smallest absolute Gasteiger partial charge is 0.311 e. The Labute approximate surface area is 448 Å². The third-order valence-electron chi connectivity index (χ3n) is 9.92. The molecule has 1 heterocycles. The summed E-state index contributed by atoms with van der Waals surface area (Å²) < 4.78 is 85.9. The number of anilines is 1. The van der Waals surface area contributed by atoms with Gasteiger partial charge in [0.25, 0.3) is 11.4 Å². The van der Waals surface area contributed by atoms with Gasteiger partial charge >= 0.3 is 17.1 Å². The predicted octanol–water partition coefficient (Wildman–Crippen LogP) is 12.8. The number of hydrogen-bond donors (Lipinski definition) is 2. The quantitative estimate of drug-likeness (QED) is 0.0423. The fourth-order valence-electron chi connectivity index (χ4n) is 5.94. The van der Waals surface area contributed by atoms with Gasteiger partial charge in [-0.1, -0.05) is 24.3 Å². The van der Waals surface area contributed by atoms with E-state index in [1.807, 2.05) is 45.0 Å². The van der Waals surface area contributed by atoms with E-state index in [2.05, 4.69) is 4.98 Å². The van der Waals surface area contributed by atoms with E-state index < -0.39 is 70.5 Å². The van der Waals surface area contributed by atoms with Crippen LogP contribution in [-0.4, -0.2) is 88.2 Å². The van der Waals surface area contributed by atoms with Crippen molar-refractivity contribution < 1.29 is 60.4 Å². The van der Waals surface area contributed by atoms with Crippen LogP contribution in [0.2, 0.25) is 0 Å². The summed E-state index contributed by atoms with van der Waals surface area (Å²) in [6.45, 7) is 8.46. The van der Waals surface area contributed by atoms with Crippen molar-refractivity contribution in [3.05, 3.63) is 234 Å². The Morgan fingerprint density at radius 3 is 1.32 bits per heavy atom. The second-order valence-electron chi connectivity index (χ2n) is 16.7. The van der Waals surface area contributed by atoms with E-state index in [1.54, 1.807) is 77.5 Å². The summed E-state index contributed by atoms with van der Waals surface area (Å²) in [6, 6.07) is 23.0. The third-order valence-corrected chi connectivity index (χ3v) is 9.92. The second kappa shape index (κ2) is 33.0. The Morgan fingerprint density at radius 1 is 0.519 bits per heavy atom. The van der Waals surface area contributed by atoms with Crippen LogP contribution in [0.4, 0.5) is 60.5 Å². The maximum atomic E-state index is 13.4. The van der Waals surface area contributed by atoms with Gasteiger partial charge in [-0.15, -0.1) is 0 Å². The van der Waals surface area contributed by atoms with Gasteiger partial charge in [-0.3, -0.25) is 55.5 Å². The summed E-state index contributed by atoms with van der Waals surface area (Å²) in [7, 11) is 10.4. The third kappa shape index (κ3) is 23.6. The first-order valence-corrected chi connectivity index (χ1v) is 22.5. The minimum atomic E-state index is -1.11. The average Bonchev–Trinajstić information content (AvgIpc) is 3.79. The summed E-state index contributed by atoms with van der Waals surface area (Å²) in [4.78, 5) is 54.2. The first kappa shape index (κ1) is 67.7. The van der Waals surface area contributed by atoms with E-state index in [4.69, 9.17) is 15.2 Å². The number of aryl methyl sites for hydroxylation is 5. The highest BCUT2D eigenvalue weighted by Gasteiger charge is 2.24. The molecule has 0 fully saturated rings. The zero-order valence-corrected chi connectivity index (χ0v) is 44.5. The Balaban J connectivity index is 0.000000470. The molecule has 0 bridgehead atoms. The number of methoxy groups -OCH3 is 2. The van der Waals surface area contributed by atoms with E-state index in [1.165, 1.54) is 61.7 Å². The molecule has 0 aliphatic heterocycles. The van der Waals surface area contributed by atoms with Gasteiger partial charge in [-0.25, -0.2) is 13.2 Å². The number of nitrogen functional groups attached to an aromatic ring is 1. The molecule has 6 aromatic carbocycles. The summed E-state index contributed by atoms with van der Waals surface area (Å²) >= 11 is 0. The van der Waals surface area contributed by atoms with Crippen molar-refractivity contribution in [2.24, 2.45) is 0 Å². The Bertz CT molecular complexity index is 3080. The number of hydrogen-bond acceptors (Lipinski definition) is 15. The lowest BCUT2D eigenvalue weighted by Gasteiger charge is -2.19. The van der Waals surface area contributed by atoms with Crippen molar-refractivity contribution in [2.75, 3.05) is 48.1 Å². The maximum Gasteiger partial charge on any atom is 0.311 e. The first-order valence-electron chi connectivity index (χ1n) is 22.5. The van der Waals surface area contributed by atoms with Gasteiger partial charge in [-0.2, -0.15) is 13.2 Å². The van der Waals surface area contributed by atoms with Gasteiger partial charge in [0.05, 0.1) is 48.0 Å². The van der Waals surface area contributed by atoms with Crippen molar-refractivity contribution in [3.63, 3.8) is 0 Å². The van der Waals surface area contributed by atoms with Crippen LogP contribution in [0.5, 0.6) is 0 Å². The van der Waals surface area contributed by atoms with Gasteiger partial charge < -0.3 is 25.1 Å². The minimum Gasteiger partial charge on any atom is -0.396 e. The molecule has 0 radical (unpaired) electrons. The van der Waals surface area contributed by atoms with Crippen LogP contribution < -0.4 is 5.73 Å². The summed E-state index contributed by atoms with van der Waals surface area (Å²) in [5.41, 5.74) is 6.56. The monoisotopic (exact) mass is 1110 g/mol. The van der Waals surface area contributed by atoms with Crippen molar-refractivity contribution in [1.29, 1.82) is 0 Å². The topological polar surface area (TPSA) is 282 Å². The van der Waals surface area contributed by atoms with Crippen LogP contribution in [0.15, 0.2) is 116 Å².